The maximum Gasteiger partial charge on any atom is 0.0698 e. The molecule has 1 saturated heterocycles. The van der Waals surface area contributed by atoms with Crippen LogP contribution < -0.4 is 5.32 Å². The number of aliphatic hydroxyl groups excluding tert-OH is 1. The minimum absolute atomic E-state index is 0.107. The van der Waals surface area contributed by atoms with Crippen LogP contribution in [0.5, 0.6) is 0 Å². The lowest BCUT2D eigenvalue weighted by Gasteiger charge is -2.37. The summed E-state index contributed by atoms with van der Waals surface area (Å²) in [6.07, 6.45) is 0. The number of ether oxygens (including phenoxy) is 1. The molecule has 0 spiro atoms. The van der Waals surface area contributed by atoms with Crippen molar-refractivity contribution in [2.24, 2.45) is 0 Å². The third-order valence-corrected chi connectivity index (χ3v) is 3.02. The van der Waals surface area contributed by atoms with Crippen LogP contribution in [0, 0.1) is 0 Å². The Hall–Kier alpha value is -0.200. The van der Waals surface area contributed by atoms with Gasteiger partial charge < -0.3 is 20.1 Å². The molecule has 16 heavy (non-hydrogen) atoms. The fraction of sp³-hybridized carbons (Fsp3) is 1.00. The van der Waals surface area contributed by atoms with Gasteiger partial charge in [0.2, 0.25) is 0 Å². The number of nitrogens with zero attached hydrogens (tertiary/aromatic N) is 2. The summed E-state index contributed by atoms with van der Waals surface area (Å²) in [4.78, 5) is 4.77. The molecule has 1 aliphatic heterocycles. The number of aliphatic hydroxyl groups is 1. The van der Waals surface area contributed by atoms with Crippen molar-refractivity contribution in [2.45, 2.75) is 6.04 Å². The normalized spacial score (nSPS) is 23.8. The number of hydrogen-bond donors (Lipinski definition) is 2. The lowest BCUT2D eigenvalue weighted by atomic mass is 10.2. The van der Waals surface area contributed by atoms with Crippen LogP contribution in [0.3, 0.4) is 0 Å². The average Bonchev–Trinajstić information content (AvgIpc) is 2.28. The van der Waals surface area contributed by atoms with Crippen molar-refractivity contribution in [3.05, 3.63) is 0 Å². The molecule has 1 unspecified atom stereocenters. The number of piperazine rings is 1. The molecule has 1 rings (SSSR count). The number of likely N-dealkylation sites (N-methyl/N-ethyl adjacent to an activating group) is 2. The highest BCUT2D eigenvalue weighted by Gasteiger charge is 2.21. The van der Waals surface area contributed by atoms with Crippen LogP contribution in [-0.4, -0.2) is 87.6 Å². The van der Waals surface area contributed by atoms with Crippen molar-refractivity contribution >= 4 is 0 Å². The van der Waals surface area contributed by atoms with E-state index in [4.69, 9.17) is 9.84 Å². The molecule has 0 saturated carbocycles. The predicted octanol–water partition coefficient (Wildman–Crippen LogP) is -1.17. The Bertz CT molecular complexity index is 181. The molecule has 5 nitrogen and oxygen atoms in total. The largest absolute Gasteiger partial charge is 0.394 e. The van der Waals surface area contributed by atoms with E-state index in [0.717, 1.165) is 32.7 Å². The van der Waals surface area contributed by atoms with Crippen LogP contribution in [0.1, 0.15) is 0 Å². The van der Waals surface area contributed by atoms with E-state index in [1.165, 1.54) is 0 Å². The summed E-state index contributed by atoms with van der Waals surface area (Å²) in [7, 11) is 4.35. The van der Waals surface area contributed by atoms with Gasteiger partial charge in [-0.15, -0.1) is 0 Å². The van der Waals surface area contributed by atoms with Gasteiger partial charge >= 0.3 is 0 Å². The smallest absolute Gasteiger partial charge is 0.0698 e. The SMILES string of the molecule is CN1CCN(C)C(CNCCOCCO)C1. The quantitative estimate of drug-likeness (QED) is 0.541. The van der Waals surface area contributed by atoms with E-state index in [9.17, 15) is 0 Å². The Balaban J connectivity index is 2.02. The topological polar surface area (TPSA) is 48.0 Å². The van der Waals surface area contributed by atoms with Gasteiger partial charge in [0.1, 0.15) is 0 Å². The van der Waals surface area contributed by atoms with Gasteiger partial charge in [0.05, 0.1) is 19.8 Å². The van der Waals surface area contributed by atoms with E-state index < -0.39 is 0 Å². The lowest BCUT2D eigenvalue weighted by Crippen LogP contribution is -2.54. The van der Waals surface area contributed by atoms with Gasteiger partial charge in [0.25, 0.3) is 0 Å². The van der Waals surface area contributed by atoms with Crippen molar-refractivity contribution < 1.29 is 9.84 Å². The van der Waals surface area contributed by atoms with Gasteiger partial charge in [-0.2, -0.15) is 0 Å². The molecular weight excluding hydrogens is 206 g/mol. The molecule has 2 N–H and O–H groups in total. The van der Waals surface area contributed by atoms with E-state index >= 15 is 0 Å². The number of hydrogen-bond acceptors (Lipinski definition) is 5. The Morgan fingerprint density at radius 2 is 2.12 bits per heavy atom. The molecular formula is C11H25N3O2. The Morgan fingerprint density at radius 3 is 2.88 bits per heavy atom. The molecule has 0 bridgehead atoms. The second kappa shape index (κ2) is 7.97. The summed E-state index contributed by atoms with van der Waals surface area (Å²) in [5.41, 5.74) is 0. The van der Waals surface area contributed by atoms with Gasteiger partial charge in [-0.05, 0) is 14.1 Å². The molecule has 0 amide bonds. The maximum absolute atomic E-state index is 8.53. The highest BCUT2D eigenvalue weighted by molar-refractivity contribution is 4.79. The minimum atomic E-state index is 0.107. The Labute approximate surface area is 98.4 Å². The standard InChI is InChI=1S/C11H25N3O2/c1-13-4-5-14(2)11(10-13)9-12-3-7-16-8-6-15/h11-12,15H,3-10H2,1-2H3. The van der Waals surface area contributed by atoms with Gasteiger partial charge in [0.15, 0.2) is 0 Å². The van der Waals surface area contributed by atoms with E-state index in [2.05, 4.69) is 29.2 Å². The van der Waals surface area contributed by atoms with Crippen molar-refractivity contribution in [3.8, 4) is 0 Å². The van der Waals surface area contributed by atoms with Crippen molar-refractivity contribution in [1.29, 1.82) is 0 Å². The molecule has 0 radical (unpaired) electrons. The summed E-state index contributed by atoms with van der Waals surface area (Å²) >= 11 is 0. The monoisotopic (exact) mass is 231 g/mol. The zero-order valence-corrected chi connectivity index (χ0v) is 10.5. The van der Waals surface area contributed by atoms with Crippen LogP contribution in [0.2, 0.25) is 0 Å². The molecule has 1 atom stereocenters. The second-order valence-corrected chi connectivity index (χ2v) is 4.44. The van der Waals surface area contributed by atoms with Gasteiger partial charge in [-0.25, -0.2) is 0 Å². The van der Waals surface area contributed by atoms with Crippen LogP contribution in [0.15, 0.2) is 0 Å². The summed E-state index contributed by atoms with van der Waals surface area (Å²) < 4.78 is 5.18. The van der Waals surface area contributed by atoms with Gasteiger partial charge in [0, 0.05) is 38.8 Å². The summed E-state index contributed by atoms with van der Waals surface area (Å²) in [5, 5.41) is 11.9. The minimum Gasteiger partial charge on any atom is -0.394 e. The summed E-state index contributed by atoms with van der Waals surface area (Å²) in [6, 6.07) is 0.594. The molecule has 96 valence electrons. The Kier molecular flexibility index (Phi) is 6.91. The van der Waals surface area contributed by atoms with Crippen LogP contribution in [0.4, 0.5) is 0 Å². The third kappa shape index (κ3) is 5.23. The fourth-order valence-electron chi connectivity index (χ4n) is 1.90. The first kappa shape index (κ1) is 13.9. The Morgan fingerprint density at radius 1 is 1.31 bits per heavy atom. The molecule has 1 fully saturated rings. The first-order valence-electron chi connectivity index (χ1n) is 6.02. The molecule has 5 heteroatoms. The predicted molar refractivity (Wildman–Crippen MR) is 64.7 cm³/mol. The molecule has 0 aromatic carbocycles. The molecule has 1 heterocycles. The summed E-state index contributed by atoms with van der Waals surface area (Å²) in [6.45, 7) is 6.51. The highest BCUT2D eigenvalue weighted by atomic mass is 16.5. The zero-order valence-electron chi connectivity index (χ0n) is 10.5. The molecule has 0 aromatic rings. The highest BCUT2D eigenvalue weighted by Crippen LogP contribution is 2.04. The van der Waals surface area contributed by atoms with E-state index in [0.29, 0.717) is 19.3 Å². The third-order valence-electron chi connectivity index (χ3n) is 3.02. The van der Waals surface area contributed by atoms with Crippen LogP contribution in [0.25, 0.3) is 0 Å². The van der Waals surface area contributed by atoms with E-state index in [1.54, 1.807) is 0 Å². The second-order valence-electron chi connectivity index (χ2n) is 4.44. The number of rotatable bonds is 7. The zero-order chi connectivity index (χ0) is 11.8. The van der Waals surface area contributed by atoms with Crippen LogP contribution in [-0.2, 0) is 4.74 Å². The molecule has 0 aliphatic carbocycles. The average molecular weight is 231 g/mol. The fourth-order valence-corrected chi connectivity index (χ4v) is 1.90. The van der Waals surface area contributed by atoms with E-state index in [-0.39, 0.29) is 6.61 Å². The van der Waals surface area contributed by atoms with Crippen LogP contribution >= 0.6 is 0 Å². The maximum atomic E-state index is 8.53. The van der Waals surface area contributed by atoms with Crippen molar-refractivity contribution in [3.63, 3.8) is 0 Å². The number of nitrogens with one attached hydrogen (secondary N) is 1. The summed E-state index contributed by atoms with van der Waals surface area (Å²) in [5.74, 6) is 0. The van der Waals surface area contributed by atoms with Gasteiger partial charge in [-0.1, -0.05) is 0 Å². The molecule has 0 aromatic heterocycles. The van der Waals surface area contributed by atoms with Crippen molar-refractivity contribution in [2.75, 3.05) is 66.6 Å². The van der Waals surface area contributed by atoms with Crippen molar-refractivity contribution in [1.82, 2.24) is 15.1 Å². The first-order chi connectivity index (χ1) is 7.74. The van der Waals surface area contributed by atoms with E-state index in [1.807, 2.05) is 0 Å². The first-order valence-corrected chi connectivity index (χ1v) is 6.02. The molecule has 1 aliphatic rings. The van der Waals surface area contributed by atoms with Gasteiger partial charge in [-0.3, -0.25) is 4.90 Å². The lowest BCUT2D eigenvalue weighted by molar-refractivity contribution is 0.0877.